The fourth-order valence-corrected chi connectivity index (χ4v) is 2.33. The monoisotopic (exact) mass is 221 g/mol. The third kappa shape index (κ3) is 1.69. The van der Waals surface area contributed by atoms with Gasteiger partial charge in [-0.15, -0.1) is 0 Å². The maximum Gasteiger partial charge on any atom is 0.131 e. The lowest BCUT2D eigenvalue weighted by molar-refractivity contribution is 0.245. The predicted molar refractivity (Wildman–Crippen MR) is 60.1 cm³/mol. The molecule has 0 bridgehead atoms. The van der Waals surface area contributed by atoms with Gasteiger partial charge in [0.05, 0.1) is 6.61 Å². The van der Waals surface area contributed by atoms with Gasteiger partial charge >= 0.3 is 0 Å². The van der Waals surface area contributed by atoms with Crippen LogP contribution in [-0.2, 0) is 0 Å². The van der Waals surface area contributed by atoms with Gasteiger partial charge in [0.1, 0.15) is 11.6 Å². The van der Waals surface area contributed by atoms with Crippen LogP contribution in [0.1, 0.15) is 36.4 Å². The van der Waals surface area contributed by atoms with E-state index >= 15 is 0 Å². The van der Waals surface area contributed by atoms with Gasteiger partial charge in [0.25, 0.3) is 0 Å². The average molecular weight is 221 g/mol. The molecule has 0 spiro atoms. The first-order valence-electron chi connectivity index (χ1n) is 5.93. The molecule has 1 N–H and O–H groups in total. The second-order valence-electron chi connectivity index (χ2n) is 4.74. The third-order valence-corrected chi connectivity index (χ3v) is 3.36. The third-order valence-electron chi connectivity index (χ3n) is 3.36. The normalized spacial score (nSPS) is 23.8. The predicted octanol–water partition coefficient (Wildman–Crippen LogP) is 2.71. The largest absolute Gasteiger partial charge is 0.493 e. The summed E-state index contributed by atoms with van der Waals surface area (Å²) < 4.78 is 19.4. The van der Waals surface area contributed by atoms with Gasteiger partial charge < -0.3 is 10.1 Å². The molecule has 1 aromatic rings. The summed E-state index contributed by atoms with van der Waals surface area (Å²) in [5.74, 6) is 0.614. The smallest absolute Gasteiger partial charge is 0.131 e. The van der Waals surface area contributed by atoms with Crippen LogP contribution in [-0.4, -0.2) is 12.6 Å². The minimum atomic E-state index is -0.140. The summed E-state index contributed by atoms with van der Waals surface area (Å²) in [6.07, 6.45) is 3.31. The van der Waals surface area contributed by atoms with Gasteiger partial charge in [-0.3, -0.25) is 0 Å². The molecule has 16 heavy (non-hydrogen) atoms. The second kappa shape index (κ2) is 3.74. The van der Waals surface area contributed by atoms with Crippen LogP contribution in [0.4, 0.5) is 4.39 Å². The number of ether oxygens (including phenoxy) is 1. The minimum Gasteiger partial charge on any atom is -0.493 e. The summed E-state index contributed by atoms with van der Waals surface area (Å²) in [6, 6.07) is 4.06. The van der Waals surface area contributed by atoms with E-state index in [1.807, 2.05) is 6.92 Å². The molecule has 2 nitrogen and oxygen atoms in total. The average Bonchev–Trinajstić information content (AvgIpc) is 3.08. The van der Waals surface area contributed by atoms with Gasteiger partial charge in [0.2, 0.25) is 0 Å². The Hall–Kier alpha value is -1.09. The van der Waals surface area contributed by atoms with E-state index in [-0.39, 0.29) is 11.9 Å². The lowest BCUT2D eigenvalue weighted by Crippen LogP contribution is -2.29. The quantitative estimate of drug-likeness (QED) is 0.829. The zero-order chi connectivity index (χ0) is 11.1. The number of fused-ring (bicyclic) bond motifs is 1. The molecule has 0 amide bonds. The Morgan fingerprint density at radius 2 is 2.12 bits per heavy atom. The van der Waals surface area contributed by atoms with Crippen LogP contribution in [0, 0.1) is 12.7 Å². The molecule has 0 radical (unpaired) electrons. The maximum atomic E-state index is 13.9. The van der Waals surface area contributed by atoms with Crippen LogP contribution < -0.4 is 10.1 Å². The number of rotatable bonds is 2. The first-order chi connectivity index (χ1) is 7.75. The molecule has 3 heteroatoms. The van der Waals surface area contributed by atoms with Gasteiger partial charge in [-0.05, 0) is 31.4 Å². The zero-order valence-corrected chi connectivity index (χ0v) is 9.42. The Kier molecular flexibility index (Phi) is 2.36. The first-order valence-corrected chi connectivity index (χ1v) is 5.93. The molecular weight excluding hydrogens is 205 g/mol. The van der Waals surface area contributed by atoms with Crippen LogP contribution in [0.25, 0.3) is 0 Å². The SMILES string of the molecule is Cc1ccc(F)c2c1OCCC2NC1CC1. The molecular formula is C13H16FNO. The van der Waals surface area contributed by atoms with E-state index in [9.17, 15) is 4.39 Å². The van der Waals surface area contributed by atoms with Crippen molar-refractivity contribution in [2.75, 3.05) is 6.61 Å². The highest BCUT2D eigenvalue weighted by Gasteiger charge is 2.31. The highest BCUT2D eigenvalue weighted by atomic mass is 19.1. The molecule has 1 atom stereocenters. The molecule has 0 saturated heterocycles. The fourth-order valence-electron chi connectivity index (χ4n) is 2.33. The molecule has 1 fully saturated rings. The molecule has 1 aromatic carbocycles. The van der Waals surface area contributed by atoms with Crippen LogP contribution >= 0.6 is 0 Å². The fraction of sp³-hybridized carbons (Fsp3) is 0.538. The zero-order valence-electron chi connectivity index (χ0n) is 9.42. The topological polar surface area (TPSA) is 21.3 Å². The summed E-state index contributed by atoms with van der Waals surface area (Å²) in [6.45, 7) is 2.65. The van der Waals surface area contributed by atoms with E-state index in [1.54, 1.807) is 12.1 Å². The Morgan fingerprint density at radius 3 is 2.88 bits per heavy atom. The summed E-state index contributed by atoms with van der Waals surface area (Å²) in [5, 5.41) is 3.50. The van der Waals surface area contributed by atoms with Crippen molar-refractivity contribution in [3.63, 3.8) is 0 Å². The molecule has 1 saturated carbocycles. The summed E-state index contributed by atoms with van der Waals surface area (Å²) in [5.41, 5.74) is 1.76. The van der Waals surface area contributed by atoms with Crippen molar-refractivity contribution < 1.29 is 9.13 Å². The molecule has 1 aliphatic carbocycles. The summed E-state index contributed by atoms with van der Waals surface area (Å²) in [4.78, 5) is 0. The van der Waals surface area contributed by atoms with Crippen molar-refractivity contribution in [2.24, 2.45) is 0 Å². The maximum absolute atomic E-state index is 13.9. The van der Waals surface area contributed by atoms with Crippen LogP contribution in [0.15, 0.2) is 12.1 Å². The lowest BCUT2D eigenvalue weighted by atomic mass is 9.97. The van der Waals surface area contributed by atoms with Crippen molar-refractivity contribution in [1.29, 1.82) is 0 Å². The van der Waals surface area contributed by atoms with Crippen molar-refractivity contribution in [1.82, 2.24) is 5.32 Å². The van der Waals surface area contributed by atoms with E-state index in [1.165, 1.54) is 12.8 Å². The number of aryl methyl sites for hydroxylation is 1. The highest BCUT2D eigenvalue weighted by Crippen LogP contribution is 2.38. The molecule has 3 rings (SSSR count). The van der Waals surface area contributed by atoms with Gasteiger partial charge in [-0.2, -0.15) is 0 Å². The van der Waals surface area contributed by atoms with E-state index in [4.69, 9.17) is 4.74 Å². The highest BCUT2D eigenvalue weighted by molar-refractivity contribution is 5.45. The van der Waals surface area contributed by atoms with Crippen LogP contribution in [0.3, 0.4) is 0 Å². The lowest BCUT2D eigenvalue weighted by Gasteiger charge is -2.28. The number of benzene rings is 1. The standard InChI is InChI=1S/C13H16FNO/c1-8-2-5-10(14)12-11(15-9-3-4-9)6-7-16-13(8)12/h2,5,9,11,15H,3-4,6-7H2,1H3. The summed E-state index contributed by atoms with van der Waals surface area (Å²) >= 11 is 0. The Labute approximate surface area is 94.8 Å². The van der Waals surface area contributed by atoms with Gasteiger partial charge in [0.15, 0.2) is 0 Å². The molecule has 86 valence electrons. The van der Waals surface area contributed by atoms with Crippen molar-refractivity contribution in [3.8, 4) is 5.75 Å². The Morgan fingerprint density at radius 1 is 1.31 bits per heavy atom. The molecule has 1 aliphatic heterocycles. The van der Waals surface area contributed by atoms with Crippen molar-refractivity contribution >= 4 is 0 Å². The summed E-state index contributed by atoms with van der Waals surface area (Å²) in [7, 11) is 0. The first kappa shape index (κ1) is 10.1. The molecule has 2 aliphatic rings. The van der Waals surface area contributed by atoms with E-state index in [2.05, 4.69) is 5.32 Å². The molecule has 1 unspecified atom stereocenters. The van der Waals surface area contributed by atoms with Crippen LogP contribution in [0.2, 0.25) is 0 Å². The molecule has 1 heterocycles. The van der Waals surface area contributed by atoms with E-state index in [0.717, 1.165) is 23.3 Å². The van der Waals surface area contributed by atoms with Gasteiger partial charge in [-0.1, -0.05) is 6.07 Å². The van der Waals surface area contributed by atoms with Gasteiger partial charge in [0, 0.05) is 24.1 Å². The van der Waals surface area contributed by atoms with Gasteiger partial charge in [-0.25, -0.2) is 4.39 Å². The minimum absolute atomic E-state index is 0.135. The van der Waals surface area contributed by atoms with E-state index < -0.39 is 0 Å². The molecule has 0 aromatic heterocycles. The number of nitrogens with one attached hydrogen (secondary N) is 1. The second-order valence-corrected chi connectivity index (χ2v) is 4.74. The Bertz CT molecular complexity index is 415. The number of hydrogen-bond acceptors (Lipinski definition) is 2. The van der Waals surface area contributed by atoms with Crippen molar-refractivity contribution in [3.05, 3.63) is 29.1 Å². The number of hydrogen-bond donors (Lipinski definition) is 1. The Balaban J connectivity index is 1.98. The number of halogens is 1. The van der Waals surface area contributed by atoms with Crippen LogP contribution in [0.5, 0.6) is 5.75 Å². The van der Waals surface area contributed by atoms with Crippen molar-refractivity contribution in [2.45, 2.75) is 38.3 Å². The van der Waals surface area contributed by atoms with E-state index in [0.29, 0.717) is 12.6 Å².